The SMILES string of the molecule is Cc1ccc2nc(-c3ccc(Nc4nccc5c(C)cccc45)cc3)sc2c1. The van der Waals surface area contributed by atoms with E-state index >= 15 is 0 Å². The quantitative estimate of drug-likeness (QED) is 0.370. The Morgan fingerprint density at radius 1 is 0.857 bits per heavy atom. The summed E-state index contributed by atoms with van der Waals surface area (Å²) in [6.07, 6.45) is 1.86. The van der Waals surface area contributed by atoms with E-state index in [4.69, 9.17) is 4.98 Å². The minimum absolute atomic E-state index is 0.879. The Kier molecular flexibility index (Phi) is 4.06. The van der Waals surface area contributed by atoms with Gasteiger partial charge in [-0.1, -0.05) is 24.3 Å². The van der Waals surface area contributed by atoms with Crippen molar-refractivity contribution < 1.29 is 0 Å². The lowest BCUT2D eigenvalue weighted by Gasteiger charge is -2.10. The number of benzene rings is 3. The fourth-order valence-corrected chi connectivity index (χ4v) is 4.52. The Balaban J connectivity index is 1.46. The van der Waals surface area contributed by atoms with Crippen molar-refractivity contribution in [1.82, 2.24) is 9.97 Å². The highest BCUT2D eigenvalue weighted by molar-refractivity contribution is 7.21. The molecular formula is C24H19N3S. The number of nitrogens with zero attached hydrogens (tertiary/aromatic N) is 2. The van der Waals surface area contributed by atoms with Crippen LogP contribution in [0.2, 0.25) is 0 Å². The fraction of sp³-hybridized carbons (Fsp3) is 0.0833. The second kappa shape index (κ2) is 6.73. The Morgan fingerprint density at radius 3 is 2.57 bits per heavy atom. The average Bonchev–Trinajstić information content (AvgIpc) is 3.12. The summed E-state index contributed by atoms with van der Waals surface area (Å²) in [5.74, 6) is 0.879. The molecule has 0 aliphatic heterocycles. The first kappa shape index (κ1) is 16.9. The van der Waals surface area contributed by atoms with Gasteiger partial charge in [-0.3, -0.25) is 0 Å². The molecule has 0 unspecified atom stereocenters. The summed E-state index contributed by atoms with van der Waals surface area (Å²) in [5.41, 5.74) is 5.72. The summed E-state index contributed by atoms with van der Waals surface area (Å²) in [6.45, 7) is 4.24. The normalized spacial score (nSPS) is 11.2. The summed E-state index contributed by atoms with van der Waals surface area (Å²) in [6, 6.07) is 23.2. The maximum Gasteiger partial charge on any atom is 0.138 e. The summed E-state index contributed by atoms with van der Waals surface area (Å²) in [7, 11) is 0. The zero-order valence-corrected chi connectivity index (χ0v) is 16.5. The number of fused-ring (bicyclic) bond motifs is 2. The molecule has 0 atom stereocenters. The molecule has 0 amide bonds. The van der Waals surface area contributed by atoms with Crippen molar-refractivity contribution in [2.24, 2.45) is 0 Å². The predicted molar refractivity (Wildman–Crippen MR) is 120 cm³/mol. The standard InChI is InChI=1S/C24H19N3S/c1-15-6-11-21-22(14-15)28-24(27-21)17-7-9-18(10-8-17)26-23-20-5-3-4-16(2)19(20)12-13-25-23/h3-14H,1-2H3,(H,25,26). The van der Waals surface area contributed by atoms with Gasteiger partial charge in [0, 0.05) is 22.8 Å². The first-order valence-electron chi connectivity index (χ1n) is 9.26. The molecule has 4 heteroatoms. The van der Waals surface area contributed by atoms with Gasteiger partial charge in [-0.2, -0.15) is 0 Å². The Labute approximate surface area is 167 Å². The van der Waals surface area contributed by atoms with Crippen LogP contribution >= 0.6 is 11.3 Å². The van der Waals surface area contributed by atoms with Crippen molar-refractivity contribution in [2.75, 3.05) is 5.32 Å². The maximum atomic E-state index is 4.77. The summed E-state index contributed by atoms with van der Waals surface area (Å²) in [4.78, 5) is 9.31. The Bertz CT molecular complexity index is 1300. The molecule has 0 radical (unpaired) electrons. The number of anilines is 2. The summed E-state index contributed by atoms with van der Waals surface area (Å²) < 4.78 is 1.23. The lowest BCUT2D eigenvalue weighted by Crippen LogP contribution is -1.95. The van der Waals surface area contributed by atoms with Gasteiger partial charge in [0.2, 0.25) is 0 Å². The zero-order valence-electron chi connectivity index (χ0n) is 15.7. The maximum absolute atomic E-state index is 4.77. The number of rotatable bonds is 3. The molecule has 0 bridgehead atoms. The monoisotopic (exact) mass is 381 g/mol. The van der Waals surface area contributed by atoms with Crippen molar-refractivity contribution in [3.05, 3.63) is 84.1 Å². The number of hydrogen-bond donors (Lipinski definition) is 1. The zero-order chi connectivity index (χ0) is 19.1. The molecule has 0 saturated heterocycles. The van der Waals surface area contributed by atoms with Gasteiger partial charge in [0.15, 0.2) is 0 Å². The minimum Gasteiger partial charge on any atom is -0.340 e. The van der Waals surface area contributed by atoms with Crippen molar-refractivity contribution in [3.8, 4) is 10.6 Å². The molecule has 2 heterocycles. The molecule has 0 fully saturated rings. The molecule has 28 heavy (non-hydrogen) atoms. The van der Waals surface area contributed by atoms with Gasteiger partial charge in [0.25, 0.3) is 0 Å². The highest BCUT2D eigenvalue weighted by Crippen LogP contribution is 2.32. The van der Waals surface area contributed by atoms with E-state index in [-0.39, 0.29) is 0 Å². The molecule has 0 aliphatic rings. The Hall–Kier alpha value is -3.24. The third kappa shape index (κ3) is 3.02. The van der Waals surface area contributed by atoms with Crippen LogP contribution in [0.5, 0.6) is 0 Å². The second-order valence-electron chi connectivity index (χ2n) is 7.02. The predicted octanol–water partition coefficient (Wildman–Crippen LogP) is 6.87. The van der Waals surface area contributed by atoms with E-state index in [0.717, 1.165) is 33.0 Å². The summed E-state index contributed by atoms with van der Waals surface area (Å²) >= 11 is 1.73. The first-order chi connectivity index (χ1) is 13.7. The van der Waals surface area contributed by atoms with E-state index in [0.29, 0.717) is 0 Å². The lowest BCUT2D eigenvalue weighted by molar-refractivity contribution is 1.33. The number of nitrogens with one attached hydrogen (secondary N) is 1. The number of thiazole rings is 1. The van der Waals surface area contributed by atoms with Crippen molar-refractivity contribution in [3.63, 3.8) is 0 Å². The molecule has 136 valence electrons. The first-order valence-corrected chi connectivity index (χ1v) is 10.1. The van der Waals surface area contributed by atoms with Crippen LogP contribution in [-0.2, 0) is 0 Å². The van der Waals surface area contributed by atoms with Crippen molar-refractivity contribution in [2.45, 2.75) is 13.8 Å². The van der Waals surface area contributed by atoms with Crippen LogP contribution in [0, 0.1) is 13.8 Å². The smallest absolute Gasteiger partial charge is 0.138 e. The highest BCUT2D eigenvalue weighted by Gasteiger charge is 2.08. The van der Waals surface area contributed by atoms with Gasteiger partial charge in [0.1, 0.15) is 10.8 Å². The number of aromatic nitrogens is 2. The third-order valence-corrected chi connectivity index (χ3v) is 6.03. The van der Waals surface area contributed by atoms with Crippen LogP contribution in [0.25, 0.3) is 31.6 Å². The molecule has 0 spiro atoms. The van der Waals surface area contributed by atoms with Crippen molar-refractivity contribution in [1.29, 1.82) is 0 Å². The van der Waals surface area contributed by atoms with Gasteiger partial charge in [0.05, 0.1) is 10.2 Å². The molecular weight excluding hydrogens is 362 g/mol. The third-order valence-electron chi connectivity index (χ3n) is 4.96. The topological polar surface area (TPSA) is 37.8 Å². The van der Waals surface area contributed by atoms with E-state index in [9.17, 15) is 0 Å². The lowest BCUT2D eigenvalue weighted by atomic mass is 10.1. The van der Waals surface area contributed by atoms with Gasteiger partial charge in [-0.25, -0.2) is 9.97 Å². The molecule has 5 rings (SSSR count). The van der Waals surface area contributed by atoms with Crippen LogP contribution in [-0.4, -0.2) is 9.97 Å². The molecule has 5 aromatic rings. The van der Waals surface area contributed by atoms with E-state index in [1.54, 1.807) is 11.3 Å². The van der Waals surface area contributed by atoms with Crippen LogP contribution in [0.4, 0.5) is 11.5 Å². The van der Waals surface area contributed by atoms with Gasteiger partial charge in [-0.05, 0) is 72.8 Å². The number of hydrogen-bond acceptors (Lipinski definition) is 4. The second-order valence-corrected chi connectivity index (χ2v) is 8.05. The van der Waals surface area contributed by atoms with Crippen molar-refractivity contribution >= 4 is 43.8 Å². The van der Waals surface area contributed by atoms with E-state index in [1.165, 1.54) is 21.2 Å². The number of pyridine rings is 1. The largest absolute Gasteiger partial charge is 0.340 e. The number of aryl methyl sites for hydroxylation is 2. The van der Waals surface area contributed by atoms with Crippen LogP contribution in [0.15, 0.2) is 72.9 Å². The molecule has 3 nitrogen and oxygen atoms in total. The minimum atomic E-state index is 0.879. The fourth-order valence-electron chi connectivity index (χ4n) is 3.45. The molecule has 0 aliphatic carbocycles. The summed E-state index contributed by atoms with van der Waals surface area (Å²) in [5, 5.41) is 6.86. The van der Waals surface area contributed by atoms with Crippen LogP contribution in [0.1, 0.15) is 11.1 Å². The van der Waals surface area contributed by atoms with E-state index in [2.05, 4.69) is 90.9 Å². The van der Waals surface area contributed by atoms with Gasteiger partial charge < -0.3 is 5.32 Å². The Morgan fingerprint density at radius 2 is 1.71 bits per heavy atom. The molecule has 3 aromatic carbocycles. The van der Waals surface area contributed by atoms with Gasteiger partial charge >= 0.3 is 0 Å². The van der Waals surface area contributed by atoms with Crippen LogP contribution in [0.3, 0.4) is 0 Å². The molecule has 2 aromatic heterocycles. The molecule has 1 N–H and O–H groups in total. The molecule has 0 saturated carbocycles. The highest BCUT2D eigenvalue weighted by atomic mass is 32.1. The average molecular weight is 382 g/mol. The van der Waals surface area contributed by atoms with Gasteiger partial charge in [-0.15, -0.1) is 11.3 Å². The van der Waals surface area contributed by atoms with E-state index < -0.39 is 0 Å². The van der Waals surface area contributed by atoms with E-state index in [1.807, 2.05) is 6.20 Å². The van der Waals surface area contributed by atoms with Crippen LogP contribution < -0.4 is 5.32 Å².